The number of rotatable bonds is 7. The van der Waals surface area contributed by atoms with Crippen LogP contribution in [0.15, 0.2) is 30.3 Å². The van der Waals surface area contributed by atoms with Gasteiger partial charge in [0.15, 0.2) is 0 Å². The SMILES string of the molecule is CC(C)OCCCNCc1ccccc1. The van der Waals surface area contributed by atoms with Crippen molar-refractivity contribution in [3.63, 3.8) is 0 Å². The lowest BCUT2D eigenvalue weighted by molar-refractivity contribution is 0.0770. The van der Waals surface area contributed by atoms with Crippen molar-refractivity contribution in [2.75, 3.05) is 13.2 Å². The Kier molecular flexibility index (Phi) is 6.05. The van der Waals surface area contributed by atoms with E-state index in [0.29, 0.717) is 6.10 Å². The predicted molar refractivity (Wildman–Crippen MR) is 63.9 cm³/mol. The summed E-state index contributed by atoms with van der Waals surface area (Å²) in [6.45, 7) is 6.94. The largest absolute Gasteiger partial charge is 0.379 e. The zero-order chi connectivity index (χ0) is 10.9. The average Bonchev–Trinajstić information content (AvgIpc) is 2.24. The van der Waals surface area contributed by atoms with Gasteiger partial charge in [-0.05, 0) is 32.4 Å². The average molecular weight is 207 g/mol. The Morgan fingerprint density at radius 2 is 1.93 bits per heavy atom. The van der Waals surface area contributed by atoms with Crippen molar-refractivity contribution in [2.45, 2.75) is 32.9 Å². The Hall–Kier alpha value is -0.860. The van der Waals surface area contributed by atoms with E-state index in [1.165, 1.54) is 5.56 Å². The quantitative estimate of drug-likeness (QED) is 0.694. The highest BCUT2D eigenvalue weighted by Gasteiger charge is 1.93. The molecule has 0 unspecified atom stereocenters. The van der Waals surface area contributed by atoms with Gasteiger partial charge in [-0.3, -0.25) is 0 Å². The minimum Gasteiger partial charge on any atom is -0.379 e. The van der Waals surface area contributed by atoms with E-state index in [1.54, 1.807) is 0 Å². The van der Waals surface area contributed by atoms with Crippen LogP contribution in [0.4, 0.5) is 0 Å². The minimum absolute atomic E-state index is 0.346. The molecule has 0 bridgehead atoms. The van der Waals surface area contributed by atoms with Crippen molar-refractivity contribution in [1.29, 1.82) is 0 Å². The molecule has 0 aliphatic carbocycles. The molecule has 0 saturated carbocycles. The summed E-state index contributed by atoms with van der Waals surface area (Å²) in [4.78, 5) is 0. The van der Waals surface area contributed by atoms with Gasteiger partial charge in [-0.15, -0.1) is 0 Å². The molecular formula is C13H21NO. The van der Waals surface area contributed by atoms with Crippen LogP contribution in [0.1, 0.15) is 25.8 Å². The molecule has 0 aliphatic rings. The van der Waals surface area contributed by atoms with E-state index < -0.39 is 0 Å². The van der Waals surface area contributed by atoms with Crippen molar-refractivity contribution < 1.29 is 4.74 Å². The second-order valence-corrected chi connectivity index (χ2v) is 3.94. The van der Waals surface area contributed by atoms with Crippen LogP contribution in [0, 0.1) is 0 Å². The fraction of sp³-hybridized carbons (Fsp3) is 0.538. The van der Waals surface area contributed by atoms with E-state index in [-0.39, 0.29) is 0 Å². The monoisotopic (exact) mass is 207 g/mol. The Morgan fingerprint density at radius 1 is 1.20 bits per heavy atom. The van der Waals surface area contributed by atoms with Gasteiger partial charge in [0.2, 0.25) is 0 Å². The first-order valence-electron chi connectivity index (χ1n) is 5.65. The lowest BCUT2D eigenvalue weighted by atomic mass is 10.2. The Balaban J connectivity index is 1.98. The summed E-state index contributed by atoms with van der Waals surface area (Å²) >= 11 is 0. The first kappa shape index (κ1) is 12.2. The molecule has 1 N–H and O–H groups in total. The van der Waals surface area contributed by atoms with Crippen LogP contribution in [0.2, 0.25) is 0 Å². The highest BCUT2D eigenvalue weighted by molar-refractivity contribution is 5.14. The van der Waals surface area contributed by atoms with Gasteiger partial charge in [-0.1, -0.05) is 30.3 Å². The lowest BCUT2D eigenvalue weighted by Gasteiger charge is -2.08. The van der Waals surface area contributed by atoms with Crippen molar-refractivity contribution in [2.24, 2.45) is 0 Å². The van der Waals surface area contributed by atoms with E-state index in [9.17, 15) is 0 Å². The maximum absolute atomic E-state index is 5.45. The van der Waals surface area contributed by atoms with Gasteiger partial charge in [-0.2, -0.15) is 0 Å². The highest BCUT2D eigenvalue weighted by atomic mass is 16.5. The van der Waals surface area contributed by atoms with Crippen LogP contribution in [-0.2, 0) is 11.3 Å². The van der Waals surface area contributed by atoms with Crippen molar-refractivity contribution >= 4 is 0 Å². The fourth-order valence-electron chi connectivity index (χ4n) is 1.34. The first-order valence-corrected chi connectivity index (χ1v) is 5.65. The Morgan fingerprint density at radius 3 is 2.60 bits per heavy atom. The Bertz CT molecular complexity index is 246. The summed E-state index contributed by atoms with van der Waals surface area (Å²) in [7, 11) is 0. The molecule has 1 aromatic rings. The molecular weight excluding hydrogens is 186 g/mol. The summed E-state index contributed by atoms with van der Waals surface area (Å²) in [6, 6.07) is 10.5. The zero-order valence-corrected chi connectivity index (χ0v) is 9.70. The van der Waals surface area contributed by atoms with E-state index in [1.807, 2.05) is 6.07 Å². The third-order valence-corrected chi connectivity index (χ3v) is 2.12. The van der Waals surface area contributed by atoms with Crippen LogP contribution < -0.4 is 5.32 Å². The summed E-state index contributed by atoms with van der Waals surface area (Å²) in [5.41, 5.74) is 1.34. The van der Waals surface area contributed by atoms with Crippen LogP contribution in [-0.4, -0.2) is 19.3 Å². The molecule has 0 heterocycles. The van der Waals surface area contributed by atoms with Gasteiger partial charge < -0.3 is 10.1 Å². The smallest absolute Gasteiger partial charge is 0.0518 e. The van der Waals surface area contributed by atoms with Gasteiger partial charge in [0, 0.05) is 13.2 Å². The molecule has 0 saturated heterocycles. The fourth-order valence-corrected chi connectivity index (χ4v) is 1.34. The van der Waals surface area contributed by atoms with Gasteiger partial charge in [0.05, 0.1) is 6.10 Å². The second-order valence-electron chi connectivity index (χ2n) is 3.94. The van der Waals surface area contributed by atoms with Gasteiger partial charge in [0.1, 0.15) is 0 Å². The predicted octanol–water partition coefficient (Wildman–Crippen LogP) is 2.59. The van der Waals surface area contributed by atoms with Crippen LogP contribution in [0.3, 0.4) is 0 Å². The lowest BCUT2D eigenvalue weighted by Crippen LogP contribution is -2.17. The summed E-state index contributed by atoms with van der Waals surface area (Å²) in [5.74, 6) is 0. The summed E-state index contributed by atoms with van der Waals surface area (Å²) in [5, 5.41) is 3.40. The van der Waals surface area contributed by atoms with E-state index >= 15 is 0 Å². The number of hydrogen-bond donors (Lipinski definition) is 1. The summed E-state index contributed by atoms with van der Waals surface area (Å²) < 4.78 is 5.45. The second kappa shape index (κ2) is 7.43. The molecule has 0 atom stereocenters. The molecule has 0 fully saturated rings. The van der Waals surface area contributed by atoms with Crippen molar-refractivity contribution in [3.8, 4) is 0 Å². The van der Waals surface area contributed by atoms with Gasteiger partial charge >= 0.3 is 0 Å². The third kappa shape index (κ3) is 6.26. The zero-order valence-electron chi connectivity index (χ0n) is 9.70. The van der Waals surface area contributed by atoms with Gasteiger partial charge in [0.25, 0.3) is 0 Å². The minimum atomic E-state index is 0.346. The number of hydrogen-bond acceptors (Lipinski definition) is 2. The topological polar surface area (TPSA) is 21.3 Å². The molecule has 0 radical (unpaired) electrons. The molecule has 2 heteroatoms. The van der Waals surface area contributed by atoms with Crippen LogP contribution >= 0.6 is 0 Å². The molecule has 1 rings (SSSR count). The summed E-state index contributed by atoms with van der Waals surface area (Å²) in [6.07, 6.45) is 1.42. The van der Waals surface area contributed by atoms with Crippen LogP contribution in [0.5, 0.6) is 0 Å². The maximum Gasteiger partial charge on any atom is 0.0518 e. The molecule has 0 aromatic heterocycles. The molecule has 0 amide bonds. The van der Waals surface area contributed by atoms with Crippen molar-refractivity contribution in [1.82, 2.24) is 5.32 Å². The van der Waals surface area contributed by atoms with Crippen molar-refractivity contribution in [3.05, 3.63) is 35.9 Å². The van der Waals surface area contributed by atoms with E-state index in [0.717, 1.165) is 26.1 Å². The maximum atomic E-state index is 5.45. The Labute approximate surface area is 92.6 Å². The highest BCUT2D eigenvalue weighted by Crippen LogP contribution is 1.97. The molecule has 0 aliphatic heterocycles. The third-order valence-electron chi connectivity index (χ3n) is 2.12. The number of nitrogens with one attached hydrogen (secondary N) is 1. The number of benzene rings is 1. The molecule has 0 spiro atoms. The van der Waals surface area contributed by atoms with E-state index in [2.05, 4.69) is 43.4 Å². The molecule has 84 valence electrons. The molecule has 2 nitrogen and oxygen atoms in total. The first-order chi connectivity index (χ1) is 7.29. The number of ether oxygens (including phenoxy) is 1. The van der Waals surface area contributed by atoms with E-state index in [4.69, 9.17) is 4.74 Å². The normalized spacial score (nSPS) is 10.9. The molecule has 15 heavy (non-hydrogen) atoms. The van der Waals surface area contributed by atoms with Crippen LogP contribution in [0.25, 0.3) is 0 Å². The standard InChI is InChI=1S/C13H21NO/c1-12(2)15-10-6-9-14-11-13-7-4-3-5-8-13/h3-5,7-8,12,14H,6,9-11H2,1-2H3. The molecule has 1 aromatic carbocycles. The van der Waals surface area contributed by atoms with Gasteiger partial charge in [-0.25, -0.2) is 0 Å².